The minimum atomic E-state index is -0.322. The second-order valence-corrected chi connectivity index (χ2v) is 6.25. The lowest BCUT2D eigenvalue weighted by molar-refractivity contribution is 0.0784. The van der Waals surface area contributed by atoms with Gasteiger partial charge >= 0.3 is 0 Å². The molecule has 0 fully saturated rings. The lowest BCUT2D eigenvalue weighted by Gasteiger charge is -2.15. The van der Waals surface area contributed by atoms with Crippen molar-refractivity contribution >= 4 is 17.2 Å². The summed E-state index contributed by atoms with van der Waals surface area (Å²) in [6.07, 6.45) is 1.49. The zero-order valence-corrected chi connectivity index (χ0v) is 13.5. The van der Waals surface area contributed by atoms with Crippen LogP contribution in [0.25, 0.3) is 11.3 Å². The van der Waals surface area contributed by atoms with Crippen LogP contribution in [0.4, 0.5) is 4.39 Å². The smallest absolute Gasteiger partial charge is 0.257 e. The normalized spacial score (nSPS) is 10.7. The van der Waals surface area contributed by atoms with Crippen molar-refractivity contribution in [3.63, 3.8) is 0 Å². The Labute approximate surface area is 136 Å². The number of aromatic amines is 1. The van der Waals surface area contributed by atoms with Gasteiger partial charge in [-0.2, -0.15) is 5.10 Å². The molecule has 7 heteroatoms. The van der Waals surface area contributed by atoms with E-state index in [1.807, 2.05) is 12.3 Å². The fourth-order valence-electron chi connectivity index (χ4n) is 2.29. The summed E-state index contributed by atoms with van der Waals surface area (Å²) in [7, 11) is 1.72. The molecule has 0 saturated heterocycles. The summed E-state index contributed by atoms with van der Waals surface area (Å²) < 4.78 is 13.1. The maximum Gasteiger partial charge on any atom is 0.257 e. The van der Waals surface area contributed by atoms with E-state index in [-0.39, 0.29) is 11.7 Å². The van der Waals surface area contributed by atoms with Gasteiger partial charge in [-0.05, 0) is 31.2 Å². The van der Waals surface area contributed by atoms with Crippen LogP contribution in [0, 0.1) is 12.7 Å². The van der Waals surface area contributed by atoms with Crippen molar-refractivity contribution in [1.82, 2.24) is 20.1 Å². The molecule has 2 heterocycles. The van der Waals surface area contributed by atoms with E-state index in [2.05, 4.69) is 15.2 Å². The average Bonchev–Trinajstić information content (AvgIpc) is 3.16. The summed E-state index contributed by atoms with van der Waals surface area (Å²) in [5.41, 5.74) is 2.60. The third-order valence-electron chi connectivity index (χ3n) is 3.42. The van der Waals surface area contributed by atoms with Crippen LogP contribution in [0.15, 0.2) is 35.8 Å². The molecule has 0 unspecified atom stereocenters. The zero-order chi connectivity index (χ0) is 16.4. The molecule has 3 rings (SSSR count). The summed E-state index contributed by atoms with van der Waals surface area (Å²) in [5, 5.41) is 9.68. The molecule has 1 amide bonds. The van der Waals surface area contributed by atoms with E-state index in [1.165, 1.54) is 18.3 Å². The number of H-pyrrole nitrogens is 1. The van der Waals surface area contributed by atoms with Gasteiger partial charge < -0.3 is 4.90 Å². The van der Waals surface area contributed by atoms with Crippen LogP contribution >= 0.6 is 11.3 Å². The van der Waals surface area contributed by atoms with Crippen LogP contribution in [0.3, 0.4) is 0 Å². The Kier molecular flexibility index (Phi) is 4.20. The minimum Gasteiger partial charge on any atom is -0.336 e. The van der Waals surface area contributed by atoms with Gasteiger partial charge in [0.1, 0.15) is 5.82 Å². The first-order valence-corrected chi connectivity index (χ1v) is 7.88. The van der Waals surface area contributed by atoms with Gasteiger partial charge in [-0.25, -0.2) is 9.37 Å². The number of nitrogens with zero attached hydrogens (tertiary/aromatic N) is 3. The molecule has 1 N–H and O–H groups in total. The molecule has 0 aliphatic carbocycles. The molecule has 2 aromatic heterocycles. The number of carbonyl (C=O) groups excluding carboxylic acids is 1. The van der Waals surface area contributed by atoms with Gasteiger partial charge in [0, 0.05) is 18.0 Å². The van der Waals surface area contributed by atoms with Crippen molar-refractivity contribution in [3.05, 3.63) is 57.9 Å². The number of aromatic nitrogens is 3. The van der Waals surface area contributed by atoms with Crippen LogP contribution in [-0.4, -0.2) is 33.0 Å². The van der Waals surface area contributed by atoms with E-state index in [1.54, 1.807) is 35.4 Å². The molecule has 0 aliphatic rings. The highest BCUT2D eigenvalue weighted by Crippen LogP contribution is 2.23. The first-order chi connectivity index (χ1) is 11.0. The Morgan fingerprint density at radius 3 is 2.74 bits per heavy atom. The maximum absolute atomic E-state index is 13.1. The third kappa shape index (κ3) is 3.29. The van der Waals surface area contributed by atoms with Gasteiger partial charge in [0.2, 0.25) is 0 Å². The Morgan fingerprint density at radius 1 is 1.35 bits per heavy atom. The molecule has 0 spiro atoms. The highest BCUT2D eigenvalue weighted by atomic mass is 32.1. The Balaban J connectivity index is 1.82. The molecule has 5 nitrogen and oxygen atoms in total. The molecule has 0 aliphatic heterocycles. The van der Waals surface area contributed by atoms with Gasteiger partial charge in [0.25, 0.3) is 5.91 Å². The quantitative estimate of drug-likeness (QED) is 0.799. The molecule has 0 atom stereocenters. The molecular formula is C16H15FN4OS. The van der Waals surface area contributed by atoms with Crippen LogP contribution in [0.5, 0.6) is 0 Å². The van der Waals surface area contributed by atoms with Crippen molar-refractivity contribution in [2.75, 3.05) is 7.05 Å². The van der Waals surface area contributed by atoms with Gasteiger partial charge in [-0.1, -0.05) is 0 Å². The number of hydrogen-bond donors (Lipinski definition) is 1. The molecule has 23 heavy (non-hydrogen) atoms. The summed E-state index contributed by atoms with van der Waals surface area (Å²) in [6, 6.07) is 5.94. The van der Waals surface area contributed by atoms with Gasteiger partial charge in [0.05, 0.1) is 34.7 Å². The van der Waals surface area contributed by atoms with Crippen molar-refractivity contribution in [1.29, 1.82) is 0 Å². The summed E-state index contributed by atoms with van der Waals surface area (Å²) in [5.74, 6) is -0.485. The number of thiazole rings is 1. The van der Waals surface area contributed by atoms with E-state index in [0.29, 0.717) is 23.4 Å². The standard InChI is InChI=1S/C16H15FN4OS/c1-10-19-13(9-23-10)8-21(2)16(22)14-7-18-20-15(14)11-3-5-12(17)6-4-11/h3-7,9H,8H2,1-2H3,(H,18,20). The number of aryl methyl sites for hydroxylation is 1. The predicted molar refractivity (Wildman–Crippen MR) is 86.6 cm³/mol. The Hall–Kier alpha value is -2.54. The molecule has 0 radical (unpaired) electrons. The summed E-state index contributed by atoms with van der Waals surface area (Å²) in [6.45, 7) is 2.36. The number of halogens is 1. The molecule has 3 aromatic rings. The molecular weight excluding hydrogens is 315 g/mol. The fraction of sp³-hybridized carbons (Fsp3) is 0.188. The topological polar surface area (TPSA) is 61.9 Å². The summed E-state index contributed by atoms with van der Waals surface area (Å²) >= 11 is 1.55. The van der Waals surface area contributed by atoms with Crippen molar-refractivity contribution in [2.24, 2.45) is 0 Å². The maximum atomic E-state index is 13.1. The Morgan fingerprint density at radius 2 is 2.09 bits per heavy atom. The number of carbonyl (C=O) groups is 1. The zero-order valence-electron chi connectivity index (χ0n) is 12.7. The van der Waals surface area contributed by atoms with E-state index >= 15 is 0 Å². The monoisotopic (exact) mass is 330 g/mol. The fourth-order valence-corrected chi connectivity index (χ4v) is 2.89. The van der Waals surface area contributed by atoms with Gasteiger partial charge in [-0.15, -0.1) is 11.3 Å². The van der Waals surface area contributed by atoms with Gasteiger partial charge in [-0.3, -0.25) is 9.89 Å². The van der Waals surface area contributed by atoms with E-state index in [9.17, 15) is 9.18 Å². The van der Waals surface area contributed by atoms with Crippen LogP contribution in [-0.2, 0) is 6.54 Å². The first-order valence-electron chi connectivity index (χ1n) is 7.00. The van der Waals surface area contributed by atoms with Crippen LogP contribution in [0.2, 0.25) is 0 Å². The second kappa shape index (κ2) is 6.29. The van der Waals surface area contributed by atoms with E-state index in [4.69, 9.17) is 0 Å². The second-order valence-electron chi connectivity index (χ2n) is 5.18. The largest absolute Gasteiger partial charge is 0.336 e. The van der Waals surface area contributed by atoms with Crippen molar-refractivity contribution in [3.8, 4) is 11.3 Å². The van der Waals surface area contributed by atoms with Gasteiger partial charge in [0.15, 0.2) is 0 Å². The number of rotatable bonds is 4. The van der Waals surface area contributed by atoms with Crippen LogP contribution in [0.1, 0.15) is 21.1 Å². The highest BCUT2D eigenvalue weighted by Gasteiger charge is 2.19. The summed E-state index contributed by atoms with van der Waals surface area (Å²) in [4.78, 5) is 18.6. The van der Waals surface area contributed by atoms with Crippen molar-refractivity contribution < 1.29 is 9.18 Å². The lowest BCUT2D eigenvalue weighted by Crippen LogP contribution is -2.26. The molecule has 118 valence electrons. The minimum absolute atomic E-state index is 0.163. The Bertz CT molecular complexity index is 825. The lowest BCUT2D eigenvalue weighted by atomic mass is 10.1. The van der Waals surface area contributed by atoms with Crippen LogP contribution < -0.4 is 0 Å². The van der Waals surface area contributed by atoms with Crippen molar-refractivity contribution in [2.45, 2.75) is 13.5 Å². The molecule has 1 aromatic carbocycles. The number of amides is 1. The average molecular weight is 330 g/mol. The predicted octanol–water partition coefficient (Wildman–Crippen LogP) is 3.25. The first kappa shape index (κ1) is 15.4. The van der Waals surface area contributed by atoms with E-state index < -0.39 is 0 Å². The SMILES string of the molecule is Cc1nc(CN(C)C(=O)c2cn[nH]c2-c2ccc(F)cc2)cs1. The molecule has 0 saturated carbocycles. The van der Waals surface area contributed by atoms with E-state index in [0.717, 1.165) is 10.7 Å². The third-order valence-corrected chi connectivity index (χ3v) is 4.24. The number of nitrogens with one attached hydrogen (secondary N) is 1. The number of benzene rings is 1. The molecule has 0 bridgehead atoms. The highest BCUT2D eigenvalue weighted by molar-refractivity contribution is 7.09. The number of hydrogen-bond acceptors (Lipinski definition) is 4.